The molecule has 14 heavy (non-hydrogen) atoms. The van der Waals surface area contributed by atoms with Crippen LogP contribution in [0.5, 0.6) is 0 Å². The van der Waals surface area contributed by atoms with E-state index in [2.05, 4.69) is 5.32 Å². The molecule has 4 nitrogen and oxygen atoms in total. The summed E-state index contributed by atoms with van der Waals surface area (Å²) in [7, 11) is 0. The van der Waals surface area contributed by atoms with E-state index >= 15 is 0 Å². The predicted molar refractivity (Wildman–Crippen MR) is 54.4 cm³/mol. The van der Waals surface area contributed by atoms with Crippen molar-refractivity contribution in [2.24, 2.45) is 0 Å². The van der Waals surface area contributed by atoms with Gasteiger partial charge in [0.15, 0.2) is 0 Å². The van der Waals surface area contributed by atoms with E-state index in [1.807, 2.05) is 0 Å². The molecule has 0 spiro atoms. The number of thiophene rings is 1. The number of aliphatic hydroxyl groups excluding tert-OH is 1. The molecule has 78 valence electrons. The third-order valence-corrected chi connectivity index (χ3v) is 2.44. The van der Waals surface area contributed by atoms with Crippen molar-refractivity contribution < 1.29 is 15.0 Å². The Balaban J connectivity index is 2.43. The molecule has 1 rings (SSSR count). The molecule has 1 unspecified atom stereocenters. The quantitative estimate of drug-likeness (QED) is 0.673. The minimum atomic E-state index is -1.26. The number of hydrogen-bond acceptors (Lipinski definition) is 4. The first-order valence-corrected chi connectivity index (χ1v) is 5.13. The highest BCUT2D eigenvalue weighted by molar-refractivity contribution is 7.08. The summed E-state index contributed by atoms with van der Waals surface area (Å²) in [5, 5.41) is 24.2. The van der Waals surface area contributed by atoms with Crippen LogP contribution in [0.2, 0.25) is 0 Å². The van der Waals surface area contributed by atoms with Crippen molar-refractivity contribution in [3.8, 4) is 0 Å². The maximum Gasteiger partial charge on any atom is 0.252 e. The molecule has 0 saturated carbocycles. The van der Waals surface area contributed by atoms with E-state index in [0.29, 0.717) is 5.56 Å². The molecule has 1 heterocycles. The number of carbonyl (C=O) groups is 1. The second-order valence-electron chi connectivity index (χ2n) is 3.35. The summed E-state index contributed by atoms with van der Waals surface area (Å²) in [6.45, 7) is 1.12. The van der Waals surface area contributed by atoms with Crippen LogP contribution in [0.1, 0.15) is 17.3 Å². The normalized spacial score (nSPS) is 14.8. The van der Waals surface area contributed by atoms with Crippen LogP contribution in [0, 0.1) is 0 Å². The van der Waals surface area contributed by atoms with Crippen molar-refractivity contribution in [3.63, 3.8) is 0 Å². The van der Waals surface area contributed by atoms with Gasteiger partial charge in [0, 0.05) is 17.5 Å². The largest absolute Gasteiger partial charge is 0.393 e. The smallest absolute Gasteiger partial charge is 0.252 e. The topological polar surface area (TPSA) is 69.6 Å². The standard InChI is InChI=1S/C9H13NO3S/c1-9(13,6-11)5-10-8(12)7-2-3-14-4-7/h2-4,11,13H,5-6H2,1H3,(H,10,12). The minimum Gasteiger partial charge on any atom is -0.393 e. The highest BCUT2D eigenvalue weighted by Crippen LogP contribution is 2.06. The van der Waals surface area contributed by atoms with Crippen molar-refractivity contribution in [1.29, 1.82) is 0 Å². The van der Waals surface area contributed by atoms with Crippen molar-refractivity contribution in [3.05, 3.63) is 22.4 Å². The molecular weight excluding hydrogens is 202 g/mol. The van der Waals surface area contributed by atoms with Gasteiger partial charge in [-0.2, -0.15) is 11.3 Å². The van der Waals surface area contributed by atoms with Crippen LogP contribution in [0.4, 0.5) is 0 Å². The summed E-state index contributed by atoms with van der Waals surface area (Å²) in [5.74, 6) is -0.236. The monoisotopic (exact) mass is 215 g/mol. The molecule has 0 fully saturated rings. The second kappa shape index (κ2) is 4.54. The molecule has 1 aromatic heterocycles. The Hall–Kier alpha value is -0.910. The van der Waals surface area contributed by atoms with Gasteiger partial charge < -0.3 is 15.5 Å². The molecule has 1 amide bonds. The molecule has 0 aliphatic heterocycles. The Morgan fingerprint density at radius 1 is 1.71 bits per heavy atom. The van der Waals surface area contributed by atoms with Gasteiger partial charge in [0.1, 0.15) is 5.60 Å². The Morgan fingerprint density at radius 3 is 2.93 bits per heavy atom. The van der Waals surface area contributed by atoms with Gasteiger partial charge in [0.25, 0.3) is 5.91 Å². The molecular formula is C9H13NO3S. The van der Waals surface area contributed by atoms with E-state index < -0.39 is 5.60 Å². The second-order valence-corrected chi connectivity index (χ2v) is 4.13. The lowest BCUT2D eigenvalue weighted by Crippen LogP contribution is -2.43. The number of carbonyl (C=O) groups excluding carboxylic acids is 1. The van der Waals surface area contributed by atoms with E-state index in [9.17, 15) is 9.90 Å². The lowest BCUT2D eigenvalue weighted by molar-refractivity contribution is 0.00320. The number of hydrogen-bond donors (Lipinski definition) is 3. The number of nitrogens with one attached hydrogen (secondary N) is 1. The van der Waals surface area contributed by atoms with Crippen LogP contribution >= 0.6 is 11.3 Å². The van der Waals surface area contributed by atoms with Gasteiger partial charge in [-0.1, -0.05) is 0 Å². The molecule has 3 N–H and O–H groups in total. The molecule has 1 aromatic rings. The van der Waals surface area contributed by atoms with Gasteiger partial charge in [0.2, 0.25) is 0 Å². The Labute approximate surface area is 86.2 Å². The highest BCUT2D eigenvalue weighted by atomic mass is 32.1. The van der Waals surface area contributed by atoms with Crippen LogP contribution in [0.15, 0.2) is 16.8 Å². The Morgan fingerprint density at radius 2 is 2.43 bits per heavy atom. The zero-order valence-corrected chi connectivity index (χ0v) is 8.67. The van der Waals surface area contributed by atoms with Gasteiger partial charge in [-0.15, -0.1) is 0 Å². The summed E-state index contributed by atoms with van der Waals surface area (Å²) in [6.07, 6.45) is 0. The zero-order chi connectivity index (χ0) is 10.6. The molecule has 0 aromatic carbocycles. The predicted octanol–water partition coefficient (Wildman–Crippen LogP) is 0.221. The first-order valence-electron chi connectivity index (χ1n) is 4.19. The molecule has 0 saturated heterocycles. The maximum absolute atomic E-state index is 11.4. The highest BCUT2D eigenvalue weighted by Gasteiger charge is 2.20. The fourth-order valence-corrected chi connectivity index (χ4v) is 1.46. The van der Waals surface area contributed by atoms with E-state index in [1.54, 1.807) is 16.8 Å². The molecule has 1 atom stereocenters. The summed E-state index contributed by atoms with van der Waals surface area (Å²) in [4.78, 5) is 11.4. The van der Waals surface area contributed by atoms with E-state index in [4.69, 9.17) is 5.11 Å². The van der Waals surface area contributed by atoms with E-state index in [0.717, 1.165) is 0 Å². The van der Waals surface area contributed by atoms with Crippen molar-refractivity contribution in [2.45, 2.75) is 12.5 Å². The molecule has 0 radical (unpaired) electrons. The summed E-state index contributed by atoms with van der Waals surface area (Å²) >= 11 is 1.43. The Kier molecular flexibility index (Phi) is 3.62. The summed E-state index contributed by atoms with van der Waals surface area (Å²) in [6, 6.07) is 1.70. The van der Waals surface area contributed by atoms with Crippen molar-refractivity contribution in [2.75, 3.05) is 13.2 Å². The van der Waals surface area contributed by atoms with Gasteiger partial charge in [-0.05, 0) is 18.4 Å². The van der Waals surface area contributed by atoms with Crippen LogP contribution in [0.3, 0.4) is 0 Å². The van der Waals surface area contributed by atoms with Gasteiger partial charge in [-0.3, -0.25) is 4.79 Å². The Bertz CT molecular complexity index is 295. The maximum atomic E-state index is 11.4. The van der Waals surface area contributed by atoms with Gasteiger partial charge in [0.05, 0.1) is 6.61 Å². The third-order valence-electron chi connectivity index (χ3n) is 1.75. The zero-order valence-electron chi connectivity index (χ0n) is 7.86. The van der Waals surface area contributed by atoms with Crippen LogP contribution < -0.4 is 5.32 Å². The average molecular weight is 215 g/mol. The fourth-order valence-electron chi connectivity index (χ4n) is 0.822. The minimum absolute atomic E-state index is 0.0399. The third kappa shape index (κ3) is 3.10. The van der Waals surface area contributed by atoms with Gasteiger partial charge >= 0.3 is 0 Å². The SMILES string of the molecule is CC(O)(CO)CNC(=O)c1ccsc1. The lowest BCUT2D eigenvalue weighted by Gasteiger charge is -2.20. The average Bonchev–Trinajstić information content (AvgIpc) is 2.67. The summed E-state index contributed by atoms with van der Waals surface area (Å²) in [5.41, 5.74) is -0.685. The van der Waals surface area contributed by atoms with Crippen LogP contribution in [-0.2, 0) is 0 Å². The molecule has 5 heteroatoms. The molecule has 0 aliphatic rings. The number of rotatable bonds is 4. The van der Waals surface area contributed by atoms with Gasteiger partial charge in [-0.25, -0.2) is 0 Å². The molecule has 0 bridgehead atoms. The summed E-state index contributed by atoms with van der Waals surface area (Å²) < 4.78 is 0. The number of aliphatic hydroxyl groups is 2. The first-order chi connectivity index (χ1) is 6.55. The van der Waals surface area contributed by atoms with E-state index in [1.165, 1.54) is 18.3 Å². The first kappa shape index (κ1) is 11.2. The number of amides is 1. The van der Waals surface area contributed by atoms with Crippen molar-refractivity contribution >= 4 is 17.2 Å². The fraction of sp³-hybridized carbons (Fsp3) is 0.444. The van der Waals surface area contributed by atoms with Crippen LogP contribution in [0.25, 0.3) is 0 Å². The van der Waals surface area contributed by atoms with Crippen LogP contribution in [-0.4, -0.2) is 34.9 Å². The van der Waals surface area contributed by atoms with Crippen molar-refractivity contribution in [1.82, 2.24) is 5.32 Å². The lowest BCUT2D eigenvalue weighted by atomic mass is 10.1. The van der Waals surface area contributed by atoms with E-state index in [-0.39, 0.29) is 19.1 Å². The molecule has 0 aliphatic carbocycles.